The van der Waals surface area contributed by atoms with E-state index in [9.17, 15) is 9.90 Å². The van der Waals surface area contributed by atoms with Gasteiger partial charge in [-0.3, -0.25) is 4.79 Å². The van der Waals surface area contributed by atoms with Crippen molar-refractivity contribution in [3.05, 3.63) is 47.1 Å². The highest BCUT2D eigenvalue weighted by Gasteiger charge is 2.30. The highest BCUT2D eigenvalue weighted by molar-refractivity contribution is 8.00. The number of rotatable bonds is 4. The van der Waals surface area contributed by atoms with Crippen LogP contribution < -0.4 is 0 Å². The number of β-amino-alcohol motifs (C(OH)–C–C–N with tert-alkyl or cyclic N) is 1. The zero-order valence-electron chi connectivity index (χ0n) is 15.2. The molecule has 1 N–H and O–H groups in total. The Labute approximate surface area is 149 Å². The first-order valence-electron chi connectivity index (χ1n) is 8.21. The van der Waals surface area contributed by atoms with Crippen LogP contribution >= 0.6 is 11.8 Å². The quantitative estimate of drug-likeness (QED) is 0.508. The predicted octanol–water partition coefficient (Wildman–Crippen LogP) is 4.05. The van der Waals surface area contributed by atoms with Crippen LogP contribution in [-0.2, 0) is 4.79 Å². The summed E-state index contributed by atoms with van der Waals surface area (Å²) in [7, 11) is 0. The Morgan fingerprint density at radius 1 is 1.38 bits per heavy atom. The number of aliphatic hydroxyl groups is 1. The number of amides is 1. The van der Waals surface area contributed by atoms with E-state index in [0.717, 1.165) is 16.7 Å². The van der Waals surface area contributed by atoms with Gasteiger partial charge in [0.15, 0.2) is 0 Å². The van der Waals surface area contributed by atoms with E-state index < -0.39 is 6.10 Å². The van der Waals surface area contributed by atoms with Crippen LogP contribution in [0.1, 0.15) is 38.8 Å². The van der Waals surface area contributed by atoms with Crippen molar-refractivity contribution in [3.8, 4) is 0 Å². The Bertz CT molecular complexity index is 679. The maximum Gasteiger partial charge on any atom is 0.254 e. The molecule has 0 radical (unpaired) electrons. The van der Waals surface area contributed by atoms with Crippen LogP contribution in [0.2, 0.25) is 0 Å². The molecule has 0 spiro atoms. The first-order valence-corrected chi connectivity index (χ1v) is 9.03. The van der Waals surface area contributed by atoms with E-state index in [0.29, 0.717) is 18.7 Å². The van der Waals surface area contributed by atoms with Gasteiger partial charge >= 0.3 is 0 Å². The summed E-state index contributed by atoms with van der Waals surface area (Å²) in [5, 5.41) is 9.41. The van der Waals surface area contributed by atoms with Gasteiger partial charge in [0, 0.05) is 28.3 Å². The zero-order chi connectivity index (χ0) is 18.1. The summed E-state index contributed by atoms with van der Waals surface area (Å²) >= 11 is 1.83. The molecular formula is C20H27NO2S. The number of hydrogen-bond acceptors (Lipinski definition) is 3. The summed E-state index contributed by atoms with van der Waals surface area (Å²) in [5.74, 6) is -0.0552. The second-order valence-corrected chi connectivity index (χ2v) is 9.34. The summed E-state index contributed by atoms with van der Waals surface area (Å²) in [6.07, 6.45) is 1.52. The normalized spacial score (nSPS) is 16.1. The molecule has 1 aromatic rings. The molecule has 0 saturated carbocycles. The van der Waals surface area contributed by atoms with Crippen LogP contribution in [0.5, 0.6) is 0 Å². The third kappa shape index (κ3) is 4.74. The molecule has 3 nitrogen and oxygen atoms in total. The van der Waals surface area contributed by atoms with Crippen molar-refractivity contribution in [2.75, 3.05) is 13.1 Å². The van der Waals surface area contributed by atoms with Gasteiger partial charge in [0.1, 0.15) is 0 Å². The van der Waals surface area contributed by atoms with E-state index in [4.69, 9.17) is 0 Å². The maximum absolute atomic E-state index is 12.6. The topological polar surface area (TPSA) is 40.5 Å². The van der Waals surface area contributed by atoms with Crippen molar-refractivity contribution in [1.29, 1.82) is 0 Å². The summed E-state index contributed by atoms with van der Waals surface area (Å²) in [4.78, 5) is 15.4. The number of carbonyl (C=O) groups excluding carboxylic acids is 1. The van der Waals surface area contributed by atoms with Gasteiger partial charge in [-0.2, -0.15) is 0 Å². The largest absolute Gasteiger partial charge is 0.389 e. The van der Waals surface area contributed by atoms with Gasteiger partial charge < -0.3 is 10.0 Å². The highest BCUT2D eigenvalue weighted by atomic mass is 32.2. The Morgan fingerprint density at radius 3 is 2.46 bits per heavy atom. The standard InChI is InChI=1S/C20H27NO2S/c1-13(2)18(19(23)21-11-16(22)12-21)10-15-7-8-17(9-14(15)3)24-20(4,5)6/h7-10,16,22H,1,11-12H2,2-6H3/b18-10+. The van der Waals surface area contributed by atoms with Crippen LogP contribution in [0.3, 0.4) is 0 Å². The fourth-order valence-corrected chi connectivity index (χ4v) is 3.62. The molecule has 1 saturated heterocycles. The van der Waals surface area contributed by atoms with E-state index in [2.05, 4.69) is 52.5 Å². The summed E-state index contributed by atoms with van der Waals surface area (Å²) in [5.41, 5.74) is 3.52. The molecule has 4 heteroatoms. The first kappa shape index (κ1) is 18.8. The lowest BCUT2D eigenvalue weighted by atomic mass is 9.99. The first-order chi connectivity index (χ1) is 11.1. The molecular weight excluding hydrogens is 318 g/mol. The molecule has 2 rings (SSSR count). The molecule has 0 atom stereocenters. The molecule has 1 heterocycles. The molecule has 130 valence electrons. The number of carbonyl (C=O) groups is 1. The SMILES string of the molecule is C=C(C)/C(=C\c1ccc(SC(C)(C)C)cc1C)C(=O)N1CC(O)C1. The average Bonchev–Trinajstić information content (AvgIpc) is 2.40. The number of likely N-dealkylation sites (tertiary alicyclic amines) is 1. The minimum Gasteiger partial charge on any atom is -0.389 e. The van der Waals surface area contributed by atoms with Crippen LogP contribution in [0.25, 0.3) is 6.08 Å². The van der Waals surface area contributed by atoms with Gasteiger partial charge in [0.25, 0.3) is 5.91 Å². The zero-order valence-corrected chi connectivity index (χ0v) is 16.0. The molecule has 1 amide bonds. The maximum atomic E-state index is 12.6. The molecule has 0 bridgehead atoms. The Morgan fingerprint density at radius 2 is 2.00 bits per heavy atom. The molecule has 0 aromatic heterocycles. The molecule has 1 aliphatic heterocycles. The third-order valence-electron chi connectivity index (χ3n) is 3.80. The number of hydrogen-bond donors (Lipinski definition) is 1. The Balaban J connectivity index is 2.26. The van der Waals surface area contributed by atoms with Crippen molar-refractivity contribution < 1.29 is 9.90 Å². The van der Waals surface area contributed by atoms with E-state index in [1.54, 1.807) is 4.90 Å². The number of nitrogens with zero attached hydrogens (tertiary/aromatic N) is 1. The van der Waals surface area contributed by atoms with Crippen molar-refractivity contribution >= 4 is 23.7 Å². The predicted molar refractivity (Wildman–Crippen MR) is 102 cm³/mol. The Kier molecular flexibility index (Phi) is 5.61. The lowest BCUT2D eigenvalue weighted by Gasteiger charge is -2.36. The van der Waals surface area contributed by atoms with Gasteiger partial charge in [0.05, 0.1) is 6.10 Å². The summed E-state index contributed by atoms with van der Waals surface area (Å²) in [6.45, 7) is 15.3. The lowest BCUT2D eigenvalue weighted by molar-refractivity contribution is -0.136. The smallest absolute Gasteiger partial charge is 0.254 e. The molecule has 0 aliphatic carbocycles. The van der Waals surface area contributed by atoms with Gasteiger partial charge in [-0.1, -0.05) is 33.4 Å². The van der Waals surface area contributed by atoms with Crippen LogP contribution in [0, 0.1) is 6.92 Å². The number of aliphatic hydroxyl groups excluding tert-OH is 1. The van der Waals surface area contributed by atoms with Crippen molar-refractivity contribution in [2.24, 2.45) is 0 Å². The average molecular weight is 346 g/mol. The minimum atomic E-state index is -0.393. The van der Waals surface area contributed by atoms with E-state index in [1.807, 2.05) is 24.8 Å². The van der Waals surface area contributed by atoms with Gasteiger partial charge in [-0.25, -0.2) is 0 Å². The van der Waals surface area contributed by atoms with Crippen LogP contribution in [0.15, 0.2) is 40.8 Å². The summed E-state index contributed by atoms with van der Waals surface area (Å²) < 4.78 is 0.168. The second-order valence-electron chi connectivity index (χ2n) is 7.44. The van der Waals surface area contributed by atoms with Crippen LogP contribution in [0.4, 0.5) is 0 Å². The number of benzene rings is 1. The molecule has 24 heavy (non-hydrogen) atoms. The molecule has 1 fully saturated rings. The second kappa shape index (κ2) is 7.16. The van der Waals surface area contributed by atoms with Crippen LogP contribution in [-0.4, -0.2) is 39.9 Å². The fourth-order valence-electron chi connectivity index (χ4n) is 2.54. The monoisotopic (exact) mass is 345 g/mol. The van der Waals surface area contributed by atoms with Crippen molar-refractivity contribution in [3.63, 3.8) is 0 Å². The lowest BCUT2D eigenvalue weighted by Crippen LogP contribution is -2.53. The van der Waals surface area contributed by atoms with E-state index >= 15 is 0 Å². The number of thioether (sulfide) groups is 1. The van der Waals surface area contributed by atoms with Gasteiger partial charge in [-0.15, -0.1) is 11.8 Å². The minimum absolute atomic E-state index is 0.0552. The van der Waals surface area contributed by atoms with E-state index in [-0.39, 0.29) is 10.7 Å². The molecule has 0 unspecified atom stereocenters. The van der Waals surface area contributed by atoms with Gasteiger partial charge in [-0.05, 0) is 48.8 Å². The third-order valence-corrected chi connectivity index (χ3v) is 4.91. The van der Waals surface area contributed by atoms with Crippen molar-refractivity contribution in [1.82, 2.24) is 4.90 Å². The van der Waals surface area contributed by atoms with Gasteiger partial charge in [0.2, 0.25) is 0 Å². The molecule has 1 aromatic carbocycles. The fraction of sp³-hybridized carbons (Fsp3) is 0.450. The van der Waals surface area contributed by atoms with Crippen molar-refractivity contribution in [2.45, 2.75) is 50.4 Å². The highest BCUT2D eigenvalue weighted by Crippen LogP contribution is 2.33. The number of aryl methyl sites for hydroxylation is 1. The Hall–Kier alpha value is -1.52. The molecule has 1 aliphatic rings. The van der Waals surface area contributed by atoms with E-state index in [1.165, 1.54) is 4.90 Å². The summed E-state index contributed by atoms with van der Waals surface area (Å²) in [6, 6.07) is 6.32.